The third kappa shape index (κ3) is 2.98. The third-order valence-electron chi connectivity index (χ3n) is 2.77. The first-order valence-corrected chi connectivity index (χ1v) is 6.44. The molecule has 0 aromatic heterocycles. The number of carbonyl (C=O) groups excluding carboxylic acids is 1. The summed E-state index contributed by atoms with van der Waals surface area (Å²) < 4.78 is 1.04. The van der Waals surface area contributed by atoms with E-state index in [0.717, 1.165) is 23.2 Å². The highest BCUT2D eigenvalue weighted by Crippen LogP contribution is 2.27. The summed E-state index contributed by atoms with van der Waals surface area (Å²) in [5.41, 5.74) is 2.31. The molecule has 1 fully saturated rings. The molecule has 1 amide bonds. The first kappa shape index (κ1) is 12.4. The Morgan fingerprint density at radius 2 is 2.35 bits per heavy atom. The molecule has 1 saturated heterocycles. The van der Waals surface area contributed by atoms with E-state index >= 15 is 0 Å². The highest BCUT2D eigenvalue weighted by molar-refractivity contribution is 9.10. The molecule has 1 aliphatic rings. The van der Waals surface area contributed by atoms with E-state index in [2.05, 4.69) is 49.7 Å². The highest BCUT2D eigenvalue weighted by atomic mass is 79.9. The van der Waals surface area contributed by atoms with Gasteiger partial charge in [-0.3, -0.25) is 4.79 Å². The molecule has 0 unspecified atom stereocenters. The summed E-state index contributed by atoms with van der Waals surface area (Å²) in [6, 6.07) is 6.25. The number of anilines is 1. The minimum Gasteiger partial charge on any atom is -0.360 e. The van der Waals surface area contributed by atoms with Gasteiger partial charge < -0.3 is 15.5 Å². The molecular formula is C12H16BrN3O. The molecule has 2 rings (SSSR count). The smallest absolute Gasteiger partial charge is 0.239 e. The number of nitrogens with zero attached hydrogens (tertiary/aromatic N) is 1. The third-order valence-corrected chi connectivity index (χ3v) is 3.41. The average Bonchev–Trinajstić information content (AvgIpc) is 2.29. The zero-order valence-electron chi connectivity index (χ0n) is 9.79. The predicted octanol–water partition coefficient (Wildman–Crippen LogP) is 1.10. The van der Waals surface area contributed by atoms with Crippen LogP contribution in [0.3, 0.4) is 0 Å². The molecule has 1 aromatic carbocycles. The standard InChI is InChI=1S/C12H16BrN3O/c1-14-7-9-2-3-11(10(13)6-9)16-5-4-15-12(17)8-16/h2-3,6,14H,4-5,7-8H2,1H3,(H,15,17). The summed E-state index contributed by atoms with van der Waals surface area (Å²) in [5.74, 6) is 0.0856. The van der Waals surface area contributed by atoms with Crippen LogP contribution in [0.25, 0.3) is 0 Å². The van der Waals surface area contributed by atoms with Crippen LogP contribution in [0.15, 0.2) is 22.7 Å². The molecule has 1 aliphatic heterocycles. The molecule has 1 heterocycles. The van der Waals surface area contributed by atoms with E-state index in [4.69, 9.17) is 0 Å². The second kappa shape index (κ2) is 5.51. The lowest BCUT2D eigenvalue weighted by Gasteiger charge is -2.29. The molecule has 0 aliphatic carbocycles. The van der Waals surface area contributed by atoms with Crippen LogP contribution in [-0.2, 0) is 11.3 Å². The van der Waals surface area contributed by atoms with Gasteiger partial charge in [-0.05, 0) is 40.7 Å². The number of nitrogens with one attached hydrogen (secondary N) is 2. The Morgan fingerprint density at radius 1 is 1.53 bits per heavy atom. The first-order chi connectivity index (χ1) is 8.20. The van der Waals surface area contributed by atoms with Crippen molar-refractivity contribution in [2.24, 2.45) is 0 Å². The van der Waals surface area contributed by atoms with Crippen LogP contribution >= 0.6 is 15.9 Å². The van der Waals surface area contributed by atoms with Crippen LogP contribution in [0.5, 0.6) is 0 Å². The lowest BCUT2D eigenvalue weighted by atomic mass is 10.2. The van der Waals surface area contributed by atoms with Gasteiger partial charge in [-0.1, -0.05) is 6.07 Å². The van der Waals surface area contributed by atoms with E-state index in [9.17, 15) is 4.79 Å². The van der Waals surface area contributed by atoms with Crippen molar-refractivity contribution < 1.29 is 4.79 Å². The van der Waals surface area contributed by atoms with Crippen molar-refractivity contribution in [3.63, 3.8) is 0 Å². The molecule has 17 heavy (non-hydrogen) atoms. The van der Waals surface area contributed by atoms with Gasteiger partial charge in [-0.15, -0.1) is 0 Å². The molecule has 0 atom stereocenters. The number of amides is 1. The Hall–Kier alpha value is -1.07. The Bertz CT molecular complexity index is 422. The van der Waals surface area contributed by atoms with Gasteiger partial charge in [0.15, 0.2) is 0 Å². The molecule has 0 spiro atoms. The number of piperazine rings is 1. The zero-order chi connectivity index (χ0) is 12.3. The Labute approximate surface area is 110 Å². The van der Waals surface area contributed by atoms with Crippen LogP contribution < -0.4 is 15.5 Å². The zero-order valence-corrected chi connectivity index (χ0v) is 11.4. The van der Waals surface area contributed by atoms with Gasteiger partial charge in [0.2, 0.25) is 5.91 Å². The molecule has 0 bridgehead atoms. The average molecular weight is 298 g/mol. The summed E-state index contributed by atoms with van der Waals surface area (Å²) in [6.45, 7) is 2.85. The maximum absolute atomic E-state index is 11.3. The van der Waals surface area contributed by atoms with E-state index in [1.54, 1.807) is 0 Å². The largest absolute Gasteiger partial charge is 0.360 e. The summed E-state index contributed by atoms with van der Waals surface area (Å²) >= 11 is 3.57. The minimum atomic E-state index is 0.0856. The van der Waals surface area contributed by atoms with E-state index in [0.29, 0.717) is 13.1 Å². The van der Waals surface area contributed by atoms with E-state index in [1.165, 1.54) is 5.56 Å². The quantitative estimate of drug-likeness (QED) is 0.878. The van der Waals surface area contributed by atoms with Gasteiger partial charge >= 0.3 is 0 Å². The van der Waals surface area contributed by atoms with Gasteiger partial charge in [0, 0.05) is 24.1 Å². The second-order valence-electron chi connectivity index (χ2n) is 4.09. The molecular weight excluding hydrogens is 282 g/mol. The number of hydrogen-bond donors (Lipinski definition) is 2. The van der Waals surface area contributed by atoms with E-state index < -0.39 is 0 Å². The number of rotatable bonds is 3. The van der Waals surface area contributed by atoms with Crippen LogP contribution in [-0.4, -0.2) is 32.6 Å². The van der Waals surface area contributed by atoms with Crippen molar-refractivity contribution in [3.8, 4) is 0 Å². The summed E-state index contributed by atoms with van der Waals surface area (Å²) in [4.78, 5) is 13.4. The topological polar surface area (TPSA) is 44.4 Å². The number of benzene rings is 1. The summed E-state index contributed by atoms with van der Waals surface area (Å²) in [6.07, 6.45) is 0. The van der Waals surface area contributed by atoms with Gasteiger partial charge in [-0.25, -0.2) is 0 Å². The molecule has 1 aromatic rings. The molecule has 4 nitrogen and oxygen atoms in total. The van der Waals surface area contributed by atoms with Gasteiger partial charge in [0.25, 0.3) is 0 Å². The molecule has 2 N–H and O–H groups in total. The summed E-state index contributed by atoms with van der Waals surface area (Å²) in [7, 11) is 1.93. The lowest BCUT2D eigenvalue weighted by molar-refractivity contribution is -0.120. The number of hydrogen-bond acceptors (Lipinski definition) is 3. The second-order valence-corrected chi connectivity index (χ2v) is 4.94. The van der Waals surface area contributed by atoms with Crippen molar-refractivity contribution >= 4 is 27.5 Å². The van der Waals surface area contributed by atoms with Gasteiger partial charge in [0.1, 0.15) is 0 Å². The Morgan fingerprint density at radius 3 is 3.00 bits per heavy atom. The number of halogens is 1. The molecule has 0 radical (unpaired) electrons. The van der Waals surface area contributed by atoms with Crippen LogP contribution in [0.4, 0.5) is 5.69 Å². The van der Waals surface area contributed by atoms with Crippen molar-refractivity contribution in [2.45, 2.75) is 6.54 Å². The Balaban J connectivity index is 2.17. The van der Waals surface area contributed by atoms with E-state index in [1.807, 2.05) is 7.05 Å². The van der Waals surface area contributed by atoms with Crippen molar-refractivity contribution in [1.82, 2.24) is 10.6 Å². The monoisotopic (exact) mass is 297 g/mol. The highest BCUT2D eigenvalue weighted by Gasteiger charge is 2.18. The van der Waals surface area contributed by atoms with E-state index in [-0.39, 0.29) is 5.91 Å². The maximum Gasteiger partial charge on any atom is 0.239 e. The molecule has 92 valence electrons. The normalized spacial score (nSPS) is 15.9. The fourth-order valence-corrected chi connectivity index (χ4v) is 2.64. The Kier molecular flexibility index (Phi) is 4.02. The fourth-order valence-electron chi connectivity index (χ4n) is 1.97. The van der Waals surface area contributed by atoms with Crippen molar-refractivity contribution in [1.29, 1.82) is 0 Å². The first-order valence-electron chi connectivity index (χ1n) is 5.65. The number of carbonyl (C=O) groups is 1. The summed E-state index contributed by atoms with van der Waals surface area (Å²) in [5, 5.41) is 5.95. The van der Waals surface area contributed by atoms with Crippen molar-refractivity contribution in [3.05, 3.63) is 28.2 Å². The van der Waals surface area contributed by atoms with Crippen LogP contribution in [0, 0.1) is 0 Å². The SMILES string of the molecule is CNCc1ccc(N2CCNC(=O)C2)c(Br)c1. The van der Waals surface area contributed by atoms with Gasteiger partial charge in [0.05, 0.1) is 12.2 Å². The maximum atomic E-state index is 11.3. The molecule has 5 heteroatoms. The van der Waals surface area contributed by atoms with Crippen LogP contribution in [0.1, 0.15) is 5.56 Å². The predicted molar refractivity (Wildman–Crippen MR) is 72.1 cm³/mol. The van der Waals surface area contributed by atoms with Gasteiger partial charge in [-0.2, -0.15) is 0 Å². The molecule has 0 saturated carbocycles. The minimum absolute atomic E-state index is 0.0856. The van der Waals surface area contributed by atoms with Crippen LogP contribution in [0.2, 0.25) is 0 Å². The van der Waals surface area contributed by atoms with Crippen molar-refractivity contribution in [2.75, 3.05) is 31.6 Å². The lowest BCUT2D eigenvalue weighted by Crippen LogP contribution is -2.47. The fraction of sp³-hybridized carbons (Fsp3) is 0.417.